The minimum Gasteiger partial charge on any atom is -0.449 e. The van der Waals surface area contributed by atoms with E-state index in [2.05, 4.69) is 15.0 Å². The van der Waals surface area contributed by atoms with Gasteiger partial charge in [0.05, 0.1) is 32.3 Å². The average Bonchev–Trinajstić information content (AvgIpc) is 3.31. The molecule has 0 aliphatic rings. The van der Waals surface area contributed by atoms with Gasteiger partial charge in [-0.1, -0.05) is 53.5 Å². The number of hydrogen-bond donors (Lipinski definition) is 2. The van der Waals surface area contributed by atoms with E-state index in [-0.39, 0.29) is 22.7 Å². The minimum absolute atomic E-state index is 0.00917. The van der Waals surface area contributed by atoms with Crippen molar-refractivity contribution in [1.82, 2.24) is 14.9 Å². The van der Waals surface area contributed by atoms with Gasteiger partial charge in [-0.15, -0.1) is 0 Å². The van der Waals surface area contributed by atoms with Crippen LogP contribution in [0.5, 0.6) is 0 Å². The lowest BCUT2D eigenvalue weighted by atomic mass is 9.99. The van der Waals surface area contributed by atoms with Crippen LogP contribution in [0.1, 0.15) is 31.9 Å². The number of anilines is 1. The van der Waals surface area contributed by atoms with E-state index < -0.39 is 33.8 Å². The zero-order chi connectivity index (χ0) is 30.7. The van der Waals surface area contributed by atoms with Crippen molar-refractivity contribution in [3.63, 3.8) is 0 Å². The van der Waals surface area contributed by atoms with Crippen LogP contribution in [0.4, 0.5) is 18.9 Å². The lowest BCUT2D eigenvalue weighted by Gasteiger charge is -2.30. The fourth-order valence-corrected chi connectivity index (χ4v) is 5.52. The predicted octanol–water partition coefficient (Wildman–Crippen LogP) is 6.75. The maximum absolute atomic E-state index is 13.1. The van der Waals surface area contributed by atoms with Crippen LogP contribution in [0.3, 0.4) is 0 Å². The highest BCUT2D eigenvalue weighted by molar-refractivity contribution is 7.92. The first-order valence-corrected chi connectivity index (χ1v) is 14.9. The molecule has 1 unspecified atom stereocenters. The SMILES string of the molecule is CC(C)(CCn1cnc2cc(Cl)c(Cl)cc21)NCC(OC(=O)C(F)(F)F)c1cccc(NS(=O)(=O)c2ccccc2)c1. The Morgan fingerprint density at radius 2 is 1.71 bits per heavy atom. The summed E-state index contributed by atoms with van der Waals surface area (Å²) >= 11 is 12.2. The summed E-state index contributed by atoms with van der Waals surface area (Å²) in [5.74, 6) is -2.36. The number of sulfonamides is 1. The molecule has 1 heterocycles. The van der Waals surface area contributed by atoms with Gasteiger partial charge in [-0.25, -0.2) is 18.2 Å². The fourth-order valence-electron chi connectivity index (χ4n) is 4.13. The highest BCUT2D eigenvalue weighted by Crippen LogP contribution is 2.29. The quantitative estimate of drug-likeness (QED) is 0.176. The number of ether oxygens (including phenoxy) is 1. The summed E-state index contributed by atoms with van der Waals surface area (Å²) in [6.45, 7) is 4.00. The number of carbonyl (C=O) groups is 1. The molecule has 0 aliphatic carbocycles. The van der Waals surface area contributed by atoms with Gasteiger partial charge in [0.15, 0.2) is 0 Å². The molecule has 14 heteroatoms. The van der Waals surface area contributed by atoms with Crippen molar-refractivity contribution in [2.45, 2.75) is 49.5 Å². The number of alkyl halides is 3. The Labute approximate surface area is 250 Å². The average molecular weight is 644 g/mol. The molecule has 1 aromatic heterocycles. The van der Waals surface area contributed by atoms with Crippen LogP contribution >= 0.6 is 23.2 Å². The zero-order valence-corrected chi connectivity index (χ0v) is 24.8. The lowest BCUT2D eigenvalue weighted by Crippen LogP contribution is -2.43. The molecule has 0 saturated heterocycles. The molecular weight excluding hydrogens is 616 g/mol. The normalized spacial score (nSPS) is 13.2. The van der Waals surface area contributed by atoms with E-state index >= 15 is 0 Å². The number of fused-ring (bicyclic) bond motifs is 1. The van der Waals surface area contributed by atoms with Gasteiger partial charge in [0.2, 0.25) is 0 Å². The number of halogens is 5. The molecule has 4 rings (SSSR count). The van der Waals surface area contributed by atoms with Crippen molar-refractivity contribution in [2.24, 2.45) is 0 Å². The van der Waals surface area contributed by atoms with Gasteiger partial charge in [0, 0.05) is 24.3 Å². The summed E-state index contributed by atoms with van der Waals surface area (Å²) in [6.07, 6.45) is -4.44. The highest BCUT2D eigenvalue weighted by Gasteiger charge is 2.42. The standard InChI is InChI=1S/C28H27Cl2F3N4O4S/c1-27(2,11-12-37-17-34-23-14-21(29)22(30)15-24(23)37)35-16-25(41-26(38)28(31,32)33)18-7-6-8-19(13-18)36-42(39,40)20-9-4-3-5-10-20/h3-10,13-15,17,25,35-36H,11-12,16H2,1-2H3. The molecule has 8 nitrogen and oxygen atoms in total. The fraction of sp³-hybridized carbons (Fsp3) is 0.286. The van der Waals surface area contributed by atoms with Crippen LogP contribution in [0, 0.1) is 0 Å². The van der Waals surface area contributed by atoms with Crippen molar-refractivity contribution in [3.8, 4) is 0 Å². The highest BCUT2D eigenvalue weighted by atomic mass is 35.5. The number of rotatable bonds is 11. The van der Waals surface area contributed by atoms with Crippen LogP contribution in [0.25, 0.3) is 11.0 Å². The monoisotopic (exact) mass is 642 g/mol. The van der Waals surface area contributed by atoms with Gasteiger partial charge < -0.3 is 14.6 Å². The van der Waals surface area contributed by atoms with E-state index in [1.165, 1.54) is 36.4 Å². The van der Waals surface area contributed by atoms with Crippen LogP contribution in [-0.4, -0.2) is 42.2 Å². The van der Waals surface area contributed by atoms with E-state index in [0.29, 0.717) is 28.5 Å². The second-order valence-corrected chi connectivity index (χ2v) is 12.6. The Bertz CT molecular complexity index is 1680. The van der Waals surface area contributed by atoms with Crippen LogP contribution in [0.15, 0.2) is 78.0 Å². The summed E-state index contributed by atoms with van der Waals surface area (Å²) in [7, 11) is -3.96. The van der Waals surface area contributed by atoms with E-state index in [9.17, 15) is 26.4 Å². The van der Waals surface area contributed by atoms with E-state index in [0.717, 1.165) is 5.52 Å². The third-order valence-electron chi connectivity index (χ3n) is 6.45. The van der Waals surface area contributed by atoms with E-state index in [1.807, 2.05) is 18.4 Å². The van der Waals surface area contributed by atoms with Crippen molar-refractivity contribution in [1.29, 1.82) is 0 Å². The lowest BCUT2D eigenvalue weighted by molar-refractivity contribution is -0.205. The summed E-state index contributed by atoms with van der Waals surface area (Å²) in [4.78, 5) is 16.2. The number of esters is 1. The molecular formula is C28H27Cl2F3N4O4S. The van der Waals surface area contributed by atoms with Crippen molar-refractivity contribution < 1.29 is 31.1 Å². The first-order valence-electron chi connectivity index (χ1n) is 12.7. The Kier molecular flexibility index (Phi) is 9.41. The van der Waals surface area contributed by atoms with Crippen molar-refractivity contribution in [3.05, 3.63) is 88.7 Å². The summed E-state index contributed by atoms with van der Waals surface area (Å²) in [5, 5.41) is 3.94. The van der Waals surface area contributed by atoms with Gasteiger partial charge in [0.1, 0.15) is 6.10 Å². The molecule has 0 saturated carbocycles. The van der Waals surface area contributed by atoms with Gasteiger partial charge in [-0.3, -0.25) is 4.72 Å². The summed E-state index contributed by atoms with van der Waals surface area (Å²) in [6, 6.07) is 16.6. The third kappa shape index (κ3) is 7.94. The van der Waals surface area contributed by atoms with Gasteiger partial charge in [-0.2, -0.15) is 13.2 Å². The maximum Gasteiger partial charge on any atom is 0.490 e. The van der Waals surface area contributed by atoms with Crippen LogP contribution in [-0.2, 0) is 26.1 Å². The number of aryl methyl sites for hydroxylation is 1. The summed E-state index contributed by atoms with van der Waals surface area (Å²) < 4.78 is 74.1. The predicted molar refractivity (Wildman–Crippen MR) is 155 cm³/mol. The number of nitrogens with zero attached hydrogens (tertiary/aromatic N) is 2. The molecule has 0 radical (unpaired) electrons. The number of aromatic nitrogens is 2. The van der Waals surface area contributed by atoms with Gasteiger partial charge in [0.25, 0.3) is 10.0 Å². The molecule has 4 aromatic rings. The molecule has 224 valence electrons. The minimum atomic E-state index is -5.22. The molecule has 0 amide bonds. The molecule has 0 aliphatic heterocycles. The topological polar surface area (TPSA) is 102 Å². The first kappa shape index (κ1) is 31.6. The summed E-state index contributed by atoms with van der Waals surface area (Å²) in [5.41, 5.74) is 1.05. The molecule has 0 fully saturated rings. The Hall–Kier alpha value is -3.32. The third-order valence-corrected chi connectivity index (χ3v) is 8.57. The van der Waals surface area contributed by atoms with Crippen LogP contribution in [0.2, 0.25) is 10.0 Å². The molecule has 42 heavy (non-hydrogen) atoms. The zero-order valence-electron chi connectivity index (χ0n) is 22.5. The number of benzene rings is 3. The first-order chi connectivity index (χ1) is 19.6. The number of carbonyl (C=O) groups excluding carboxylic acids is 1. The van der Waals surface area contributed by atoms with Crippen LogP contribution < -0.4 is 10.0 Å². The molecule has 3 aromatic carbocycles. The molecule has 0 bridgehead atoms. The largest absolute Gasteiger partial charge is 0.490 e. The van der Waals surface area contributed by atoms with Crippen molar-refractivity contribution in [2.75, 3.05) is 11.3 Å². The van der Waals surface area contributed by atoms with Crippen molar-refractivity contribution >= 4 is 55.9 Å². The van der Waals surface area contributed by atoms with E-state index in [1.54, 1.807) is 36.7 Å². The Morgan fingerprint density at radius 1 is 1.02 bits per heavy atom. The number of nitrogens with one attached hydrogen (secondary N) is 2. The second-order valence-electron chi connectivity index (χ2n) is 10.1. The van der Waals surface area contributed by atoms with Gasteiger partial charge >= 0.3 is 12.1 Å². The molecule has 0 spiro atoms. The maximum atomic E-state index is 13.1. The molecule has 1 atom stereocenters. The van der Waals surface area contributed by atoms with E-state index in [4.69, 9.17) is 27.9 Å². The number of imidazole rings is 1. The Balaban J connectivity index is 1.50. The number of hydrogen-bond acceptors (Lipinski definition) is 6. The molecule has 2 N–H and O–H groups in total. The smallest absolute Gasteiger partial charge is 0.449 e. The second kappa shape index (κ2) is 12.5. The van der Waals surface area contributed by atoms with Gasteiger partial charge in [-0.05, 0) is 62.2 Å². The Morgan fingerprint density at radius 3 is 2.40 bits per heavy atom.